The maximum Gasteiger partial charge on any atom is 0.127 e. The van der Waals surface area contributed by atoms with Crippen LogP contribution in [0.3, 0.4) is 0 Å². The van der Waals surface area contributed by atoms with Crippen LogP contribution in [0.4, 0.5) is 0 Å². The summed E-state index contributed by atoms with van der Waals surface area (Å²) in [7, 11) is 6.75. The van der Waals surface area contributed by atoms with Gasteiger partial charge in [-0.25, -0.2) is 0 Å². The molecule has 1 aromatic heterocycles. The zero-order valence-corrected chi connectivity index (χ0v) is 22.6. The number of thiol groups is 1. The summed E-state index contributed by atoms with van der Waals surface area (Å²) in [5.41, 5.74) is 7.97. The highest BCUT2D eigenvalue weighted by molar-refractivity contribution is 7.80. The lowest BCUT2D eigenvalue weighted by molar-refractivity contribution is 0.487. The van der Waals surface area contributed by atoms with Gasteiger partial charge in [0.15, 0.2) is 0 Å². The van der Waals surface area contributed by atoms with E-state index >= 15 is 0 Å². The second-order valence-electron chi connectivity index (χ2n) is 9.78. The Morgan fingerprint density at radius 2 is 1.15 bits per heavy atom. The lowest BCUT2D eigenvalue weighted by atomic mass is 9.84. The summed E-state index contributed by atoms with van der Waals surface area (Å²) in [6.45, 7) is 0. The second kappa shape index (κ2) is 10.1. The molecule has 4 heteroatoms. The molecule has 0 atom stereocenters. The zero-order chi connectivity index (χ0) is 27.1. The van der Waals surface area contributed by atoms with Crippen molar-refractivity contribution in [1.29, 1.82) is 0 Å². The second-order valence-corrected chi connectivity index (χ2v) is 10.3. The fraction of sp³-hybridized carbons (Fsp3) is 0. The summed E-state index contributed by atoms with van der Waals surface area (Å²) >= 11 is 4.70. The molecule has 0 aliphatic rings. The van der Waals surface area contributed by atoms with Crippen molar-refractivity contribution in [2.75, 3.05) is 0 Å². The molecule has 0 N–H and O–H groups in total. The van der Waals surface area contributed by atoms with Crippen molar-refractivity contribution in [3.05, 3.63) is 140 Å². The van der Waals surface area contributed by atoms with Gasteiger partial charge >= 0.3 is 0 Å². The van der Waals surface area contributed by atoms with Crippen LogP contribution in [0.5, 0.6) is 11.5 Å². The molecule has 0 saturated carbocycles. The van der Waals surface area contributed by atoms with Gasteiger partial charge in [0.2, 0.25) is 0 Å². The summed E-state index contributed by atoms with van der Waals surface area (Å²) in [6.07, 6.45) is 0. The summed E-state index contributed by atoms with van der Waals surface area (Å²) in [6, 6.07) is 47.6. The van der Waals surface area contributed by atoms with Gasteiger partial charge in [-0.15, -0.1) is 12.6 Å². The standard InChI is InChI=1S/C36H24BNOS/c37-36-31(30-14-6-9-17-35(30)40)22-25(24-10-2-1-3-11-24)23-34(36)39-27-20-18-26(19-21-27)38-32-15-7-4-12-28(32)29-13-5-8-16-33(29)38/h1-23,40H. The number of para-hydroxylation sites is 2. The first-order valence-corrected chi connectivity index (χ1v) is 13.7. The maximum atomic E-state index is 6.75. The van der Waals surface area contributed by atoms with E-state index in [9.17, 15) is 0 Å². The van der Waals surface area contributed by atoms with E-state index < -0.39 is 0 Å². The Balaban J connectivity index is 1.31. The fourth-order valence-corrected chi connectivity index (χ4v) is 5.70. The predicted molar refractivity (Wildman–Crippen MR) is 171 cm³/mol. The molecule has 0 unspecified atom stereocenters. The zero-order valence-electron chi connectivity index (χ0n) is 21.7. The van der Waals surface area contributed by atoms with E-state index in [1.165, 1.54) is 21.8 Å². The average molecular weight is 529 g/mol. The minimum atomic E-state index is 0.577. The number of fused-ring (bicyclic) bond motifs is 3. The Labute approximate surface area is 240 Å². The highest BCUT2D eigenvalue weighted by atomic mass is 32.1. The lowest BCUT2D eigenvalue weighted by Gasteiger charge is -2.18. The number of nitrogens with zero attached hydrogens (tertiary/aromatic N) is 1. The molecular formula is C36H24BNOS. The molecule has 0 aliphatic heterocycles. The fourth-order valence-electron chi connectivity index (χ4n) is 5.42. The third-order valence-electron chi connectivity index (χ3n) is 7.35. The Morgan fingerprint density at radius 1 is 0.550 bits per heavy atom. The van der Waals surface area contributed by atoms with E-state index in [1.807, 2.05) is 60.7 Å². The first-order valence-electron chi connectivity index (χ1n) is 13.2. The van der Waals surface area contributed by atoms with E-state index in [2.05, 4.69) is 83.4 Å². The van der Waals surface area contributed by atoms with Gasteiger partial charge in [0, 0.05) is 21.4 Å². The minimum absolute atomic E-state index is 0.577. The first kappa shape index (κ1) is 24.4. The molecule has 7 rings (SSSR count). The van der Waals surface area contributed by atoms with Crippen LogP contribution < -0.4 is 10.2 Å². The third kappa shape index (κ3) is 4.27. The van der Waals surface area contributed by atoms with E-state index in [1.54, 1.807) is 0 Å². The average Bonchev–Trinajstić information content (AvgIpc) is 3.34. The van der Waals surface area contributed by atoms with Crippen molar-refractivity contribution in [3.63, 3.8) is 0 Å². The van der Waals surface area contributed by atoms with Gasteiger partial charge in [0.25, 0.3) is 0 Å². The van der Waals surface area contributed by atoms with E-state index in [-0.39, 0.29) is 0 Å². The molecule has 0 aliphatic carbocycles. The normalized spacial score (nSPS) is 11.2. The number of hydrogen-bond acceptors (Lipinski definition) is 2. The lowest BCUT2D eigenvalue weighted by Crippen LogP contribution is -2.11. The molecule has 0 spiro atoms. The van der Waals surface area contributed by atoms with Crippen molar-refractivity contribution in [2.45, 2.75) is 4.90 Å². The van der Waals surface area contributed by atoms with Gasteiger partial charge in [-0.3, -0.25) is 0 Å². The molecule has 0 amide bonds. The SMILES string of the molecule is [B]c1c(Oc2ccc(-n3c4ccccc4c4ccccc43)cc2)cc(-c2ccccc2)cc1-c1ccccc1S. The van der Waals surface area contributed by atoms with Crippen LogP contribution >= 0.6 is 12.6 Å². The Morgan fingerprint density at radius 3 is 1.82 bits per heavy atom. The quantitative estimate of drug-likeness (QED) is 0.174. The summed E-state index contributed by atoms with van der Waals surface area (Å²) in [5, 5.41) is 2.47. The van der Waals surface area contributed by atoms with Crippen molar-refractivity contribution in [2.24, 2.45) is 0 Å². The van der Waals surface area contributed by atoms with Crippen molar-refractivity contribution in [1.82, 2.24) is 4.57 Å². The molecule has 1 heterocycles. The molecule has 40 heavy (non-hydrogen) atoms. The molecule has 2 nitrogen and oxygen atoms in total. The summed E-state index contributed by atoms with van der Waals surface area (Å²) in [5.74, 6) is 1.32. The molecule has 7 aromatic rings. The molecule has 6 aromatic carbocycles. The Hall–Kier alpha value is -4.67. The number of ether oxygens (including phenoxy) is 1. The van der Waals surface area contributed by atoms with Crippen LogP contribution in [-0.2, 0) is 0 Å². The van der Waals surface area contributed by atoms with E-state index in [0.717, 1.165) is 32.8 Å². The van der Waals surface area contributed by atoms with Gasteiger partial charge in [-0.2, -0.15) is 0 Å². The first-order chi connectivity index (χ1) is 19.7. The van der Waals surface area contributed by atoms with Crippen LogP contribution in [0.15, 0.2) is 144 Å². The van der Waals surface area contributed by atoms with Gasteiger partial charge in [0.05, 0.1) is 11.0 Å². The smallest absolute Gasteiger partial charge is 0.127 e. The number of benzene rings is 6. The predicted octanol–water partition coefficient (Wildman–Crippen LogP) is 8.99. The van der Waals surface area contributed by atoms with Gasteiger partial charge < -0.3 is 9.30 Å². The highest BCUT2D eigenvalue weighted by Gasteiger charge is 2.15. The summed E-state index contributed by atoms with van der Waals surface area (Å²) in [4.78, 5) is 0.862. The largest absolute Gasteiger partial charge is 0.458 e. The van der Waals surface area contributed by atoms with Crippen molar-refractivity contribution < 1.29 is 4.74 Å². The van der Waals surface area contributed by atoms with Crippen LogP contribution in [0.25, 0.3) is 49.7 Å². The van der Waals surface area contributed by atoms with E-state index in [0.29, 0.717) is 17.0 Å². The van der Waals surface area contributed by atoms with E-state index in [4.69, 9.17) is 25.2 Å². The number of aromatic nitrogens is 1. The van der Waals surface area contributed by atoms with Gasteiger partial charge in [-0.05, 0) is 82.3 Å². The Bertz CT molecular complexity index is 1940. The molecular weight excluding hydrogens is 505 g/mol. The van der Waals surface area contributed by atoms with Crippen LogP contribution in [0, 0.1) is 0 Å². The molecule has 0 bridgehead atoms. The van der Waals surface area contributed by atoms with Crippen LogP contribution in [-0.4, -0.2) is 12.4 Å². The third-order valence-corrected chi connectivity index (χ3v) is 7.74. The molecule has 188 valence electrons. The van der Waals surface area contributed by atoms with Gasteiger partial charge in [-0.1, -0.05) is 84.9 Å². The number of hydrogen-bond donors (Lipinski definition) is 1. The molecule has 0 fully saturated rings. The van der Waals surface area contributed by atoms with Crippen LogP contribution in [0.2, 0.25) is 0 Å². The van der Waals surface area contributed by atoms with Crippen molar-refractivity contribution >= 4 is 47.7 Å². The minimum Gasteiger partial charge on any atom is -0.458 e. The van der Waals surface area contributed by atoms with Gasteiger partial charge in [0.1, 0.15) is 19.3 Å². The Kier molecular flexibility index (Phi) is 6.18. The van der Waals surface area contributed by atoms with Crippen molar-refractivity contribution in [3.8, 4) is 39.4 Å². The number of rotatable bonds is 5. The molecule has 0 saturated heterocycles. The highest BCUT2D eigenvalue weighted by Crippen LogP contribution is 2.35. The maximum absolute atomic E-state index is 6.75. The molecule has 2 radical (unpaired) electrons. The summed E-state index contributed by atoms with van der Waals surface area (Å²) < 4.78 is 8.75. The topological polar surface area (TPSA) is 14.2 Å². The van der Waals surface area contributed by atoms with Crippen LogP contribution in [0.1, 0.15) is 0 Å². The monoisotopic (exact) mass is 529 g/mol.